The molecule has 0 bridgehead atoms. The van der Waals surface area contributed by atoms with Crippen LogP contribution in [0.2, 0.25) is 0 Å². The highest BCUT2D eigenvalue weighted by Crippen LogP contribution is 2.24. The van der Waals surface area contributed by atoms with Crippen LogP contribution in [0.3, 0.4) is 0 Å². The molecule has 3 aromatic heterocycles. The Morgan fingerprint density at radius 1 is 1.13 bits per heavy atom. The summed E-state index contributed by atoms with van der Waals surface area (Å²) in [5.74, 6) is -0.758. The number of hydrogen-bond donors (Lipinski definition) is 1. The minimum Gasteiger partial charge on any atom is -0.441 e. The summed E-state index contributed by atoms with van der Waals surface area (Å²) in [5.41, 5.74) is 1.16. The van der Waals surface area contributed by atoms with E-state index >= 15 is 0 Å². The maximum Gasteiger partial charge on any atom is 0.226 e. The molecule has 3 heterocycles. The molecule has 0 aliphatic carbocycles. The first-order valence-corrected chi connectivity index (χ1v) is 9.19. The van der Waals surface area contributed by atoms with Crippen molar-refractivity contribution in [3.63, 3.8) is 0 Å². The van der Waals surface area contributed by atoms with Crippen molar-refractivity contribution >= 4 is 11.7 Å². The fourth-order valence-corrected chi connectivity index (χ4v) is 2.86. The largest absolute Gasteiger partial charge is 0.441 e. The quantitative estimate of drug-likeness (QED) is 0.501. The number of nitrogens with zero attached hydrogens (tertiary/aromatic N) is 4. The smallest absolute Gasteiger partial charge is 0.226 e. The Hall–Kier alpha value is -3.88. The van der Waals surface area contributed by atoms with Gasteiger partial charge in [0.1, 0.15) is 11.6 Å². The molecule has 0 aliphatic heterocycles. The zero-order chi connectivity index (χ0) is 20.9. The van der Waals surface area contributed by atoms with Gasteiger partial charge >= 0.3 is 0 Å². The van der Waals surface area contributed by atoms with Crippen molar-refractivity contribution in [2.45, 2.75) is 19.4 Å². The third-order valence-electron chi connectivity index (χ3n) is 4.32. The number of anilines is 1. The van der Waals surface area contributed by atoms with E-state index in [1.54, 1.807) is 29.3 Å². The number of amides is 1. The van der Waals surface area contributed by atoms with Gasteiger partial charge in [-0.15, -0.1) is 0 Å². The summed E-state index contributed by atoms with van der Waals surface area (Å²) >= 11 is 0. The number of nitrogens with one attached hydrogen (secondary N) is 1. The van der Waals surface area contributed by atoms with Crippen LogP contribution >= 0.6 is 0 Å². The van der Waals surface area contributed by atoms with Crippen LogP contribution in [0.5, 0.6) is 0 Å². The number of aryl methyl sites for hydroxylation is 1. The number of rotatable bonds is 7. The molecule has 0 atom stereocenters. The van der Waals surface area contributed by atoms with Crippen LogP contribution in [-0.2, 0) is 17.8 Å². The molecule has 0 spiro atoms. The van der Waals surface area contributed by atoms with Gasteiger partial charge in [0.2, 0.25) is 5.91 Å². The average Bonchev–Trinajstić information content (AvgIpc) is 3.37. The lowest BCUT2D eigenvalue weighted by Crippen LogP contribution is -2.13. The molecule has 152 valence electrons. The second-order valence-electron chi connectivity index (χ2n) is 6.54. The molecule has 0 fully saturated rings. The summed E-state index contributed by atoms with van der Waals surface area (Å²) < 4.78 is 34.1. The Balaban J connectivity index is 1.31. The summed E-state index contributed by atoms with van der Waals surface area (Å²) in [4.78, 5) is 20.2. The number of carbonyl (C=O) groups is 1. The third-order valence-corrected chi connectivity index (χ3v) is 4.32. The molecule has 1 N–H and O–H groups in total. The minimum atomic E-state index is -0.738. The lowest BCUT2D eigenvalue weighted by atomic mass is 10.2. The molecule has 7 nitrogen and oxygen atoms in total. The second-order valence-corrected chi connectivity index (χ2v) is 6.54. The van der Waals surface area contributed by atoms with Crippen LogP contribution in [-0.4, -0.2) is 25.7 Å². The summed E-state index contributed by atoms with van der Waals surface area (Å²) in [6.45, 7) is 0.567. The van der Waals surface area contributed by atoms with Gasteiger partial charge in [-0.1, -0.05) is 0 Å². The van der Waals surface area contributed by atoms with Gasteiger partial charge < -0.3 is 9.73 Å². The summed E-state index contributed by atoms with van der Waals surface area (Å²) in [6, 6.07) is 8.69. The van der Waals surface area contributed by atoms with Crippen LogP contribution < -0.4 is 5.32 Å². The van der Waals surface area contributed by atoms with Gasteiger partial charge in [0, 0.05) is 43.6 Å². The minimum absolute atomic E-state index is 0.110. The monoisotopic (exact) mass is 409 g/mol. The van der Waals surface area contributed by atoms with E-state index in [1.165, 1.54) is 12.3 Å². The molecule has 0 saturated heterocycles. The van der Waals surface area contributed by atoms with Crippen molar-refractivity contribution in [2.24, 2.45) is 0 Å². The van der Waals surface area contributed by atoms with E-state index in [-0.39, 0.29) is 36.0 Å². The number of aromatic nitrogens is 4. The van der Waals surface area contributed by atoms with Gasteiger partial charge in [0.15, 0.2) is 17.5 Å². The first-order valence-electron chi connectivity index (χ1n) is 9.19. The molecule has 4 aromatic rings. The molecule has 1 amide bonds. The number of halogens is 2. The van der Waals surface area contributed by atoms with Gasteiger partial charge in [-0.3, -0.25) is 14.5 Å². The second kappa shape index (κ2) is 8.64. The number of pyridine rings is 1. The molecule has 30 heavy (non-hydrogen) atoms. The number of carbonyl (C=O) groups excluding carboxylic acids is 1. The highest BCUT2D eigenvalue weighted by Gasteiger charge is 2.13. The Morgan fingerprint density at radius 3 is 2.77 bits per heavy atom. The van der Waals surface area contributed by atoms with Crippen molar-refractivity contribution in [1.82, 2.24) is 19.7 Å². The zero-order valence-corrected chi connectivity index (χ0v) is 15.8. The lowest BCUT2D eigenvalue weighted by molar-refractivity contribution is -0.116. The summed E-state index contributed by atoms with van der Waals surface area (Å²) in [7, 11) is 0. The van der Waals surface area contributed by atoms with E-state index in [1.807, 2.05) is 12.1 Å². The number of benzene rings is 1. The van der Waals surface area contributed by atoms with Crippen LogP contribution in [0.4, 0.5) is 14.6 Å². The Bertz CT molecular complexity index is 1160. The van der Waals surface area contributed by atoms with Crippen molar-refractivity contribution in [1.29, 1.82) is 0 Å². The number of oxazole rings is 1. The van der Waals surface area contributed by atoms with E-state index < -0.39 is 11.6 Å². The van der Waals surface area contributed by atoms with E-state index in [0.717, 1.165) is 17.7 Å². The van der Waals surface area contributed by atoms with Gasteiger partial charge in [-0.05, 0) is 29.8 Å². The Labute approximate surface area is 170 Å². The maximum absolute atomic E-state index is 13.8. The van der Waals surface area contributed by atoms with Crippen molar-refractivity contribution in [3.05, 3.63) is 84.3 Å². The maximum atomic E-state index is 13.8. The fourth-order valence-electron chi connectivity index (χ4n) is 2.86. The summed E-state index contributed by atoms with van der Waals surface area (Å²) in [6.07, 6.45) is 6.88. The average molecular weight is 409 g/mol. The third kappa shape index (κ3) is 4.75. The predicted molar refractivity (Wildman–Crippen MR) is 104 cm³/mol. The first-order chi connectivity index (χ1) is 14.6. The van der Waals surface area contributed by atoms with Gasteiger partial charge in [-0.25, -0.2) is 13.8 Å². The molecular formula is C21H17F2N5O2. The highest BCUT2D eigenvalue weighted by molar-refractivity contribution is 5.89. The number of hydrogen-bond acceptors (Lipinski definition) is 5. The SMILES string of the molecule is O=C(CCc1ncc(-c2ccc(F)cc2F)o1)Nc1ccn(Cc2ccncc2)n1. The van der Waals surface area contributed by atoms with E-state index in [4.69, 9.17) is 4.42 Å². The van der Waals surface area contributed by atoms with Gasteiger partial charge in [0.05, 0.1) is 18.3 Å². The molecule has 0 saturated carbocycles. The molecule has 4 rings (SSSR count). The fraction of sp³-hybridized carbons (Fsp3) is 0.143. The van der Waals surface area contributed by atoms with Gasteiger partial charge in [0.25, 0.3) is 0 Å². The molecular weight excluding hydrogens is 392 g/mol. The Kier molecular flexibility index (Phi) is 5.60. The van der Waals surface area contributed by atoms with Crippen molar-refractivity contribution < 1.29 is 18.0 Å². The standard InChI is InChI=1S/C21H17F2N5O2/c22-15-1-2-16(17(23)11-15)18-12-25-21(30-18)4-3-20(29)26-19-7-10-28(27-19)13-14-5-8-24-9-6-14/h1-2,5-12H,3-4,13H2,(H,26,27,29). The van der Waals surface area contributed by atoms with Crippen molar-refractivity contribution in [2.75, 3.05) is 5.32 Å². The zero-order valence-electron chi connectivity index (χ0n) is 15.8. The molecule has 1 aromatic carbocycles. The van der Waals surface area contributed by atoms with E-state index in [9.17, 15) is 13.6 Å². The summed E-state index contributed by atoms with van der Waals surface area (Å²) in [5, 5.41) is 7.03. The van der Waals surface area contributed by atoms with Crippen LogP contribution in [0.15, 0.2) is 65.6 Å². The van der Waals surface area contributed by atoms with Crippen LogP contribution in [0.1, 0.15) is 17.9 Å². The molecule has 0 unspecified atom stereocenters. The van der Waals surface area contributed by atoms with E-state index in [0.29, 0.717) is 12.4 Å². The highest BCUT2D eigenvalue weighted by atomic mass is 19.1. The molecule has 0 aliphatic rings. The lowest BCUT2D eigenvalue weighted by Gasteiger charge is -2.02. The first kappa shape index (κ1) is 19.4. The normalized spacial score (nSPS) is 10.9. The molecule has 9 heteroatoms. The van der Waals surface area contributed by atoms with E-state index in [2.05, 4.69) is 20.4 Å². The van der Waals surface area contributed by atoms with Crippen molar-refractivity contribution in [3.8, 4) is 11.3 Å². The van der Waals surface area contributed by atoms with Crippen LogP contribution in [0.25, 0.3) is 11.3 Å². The van der Waals surface area contributed by atoms with Crippen LogP contribution in [0, 0.1) is 11.6 Å². The topological polar surface area (TPSA) is 85.8 Å². The Morgan fingerprint density at radius 2 is 1.97 bits per heavy atom. The molecule has 0 radical (unpaired) electrons. The predicted octanol–water partition coefficient (Wildman–Crippen LogP) is 3.83. The van der Waals surface area contributed by atoms with Gasteiger partial charge in [-0.2, -0.15) is 5.10 Å².